The van der Waals surface area contributed by atoms with Gasteiger partial charge in [-0.05, 0) is 36.6 Å². The van der Waals surface area contributed by atoms with Crippen molar-refractivity contribution in [2.75, 3.05) is 0 Å². The summed E-state index contributed by atoms with van der Waals surface area (Å²) in [5, 5.41) is 4.51. The van der Waals surface area contributed by atoms with E-state index in [0.29, 0.717) is 16.7 Å². The Morgan fingerprint density at radius 3 is 2.86 bits per heavy atom. The third-order valence-electron chi connectivity index (χ3n) is 3.21. The summed E-state index contributed by atoms with van der Waals surface area (Å²) in [4.78, 5) is 4.21. The van der Waals surface area contributed by atoms with E-state index in [2.05, 4.69) is 17.1 Å². The van der Waals surface area contributed by atoms with Crippen molar-refractivity contribution < 1.29 is 9.26 Å². The number of benzene rings is 1. The number of nitrogens with two attached hydrogens (primary N) is 1. The van der Waals surface area contributed by atoms with E-state index in [1.807, 2.05) is 19.1 Å². The van der Waals surface area contributed by atoms with Gasteiger partial charge in [-0.1, -0.05) is 30.6 Å². The number of rotatable bonds is 7. The highest BCUT2D eigenvalue weighted by molar-refractivity contribution is 6.30. The van der Waals surface area contributed by atoms with Crippen molar-refractivity contribution in [3.8, 4) is 5.75 Å². The van der Waals surface area contributed by atoms with Crippen molar-refractivity contribution in [1.82, 2.24) is 10.1 Å². The summed E-state index contributed by atoms with van der Waals surface area (Å²) in [7, 11) is 0. The highest BCUT2D eigenvalue weighted by Gasteiger charge is 2.11. The lowest BCUT2D eigenvalue weighted by Gasteiger charge is -2.14. The number of halogens is 1. The van der Waals surface area contributed by atoms with E-state index in [1.54, 1.807) is 6.07 Å². The summed E-state index contributed by atoms with van der Waals surface area (Å²) in [5.74, 6) is 1.89. The summed E-state index contributed by atoms with van der Waals surface area (Å²) in [6.07, 6.45) is 2.35. The minimum absolute atomic E-state index is 0.0842. The first-order valence-corrected chi connectivity index (χ1v) is 7.48. The Morgan fingerprint density at radius 1 is 1.38 bits per heavy atom. The van der Waals surface area contributed by atoms with Crippen LogP contribution in [0.3, 0.4) is 0 Å². The summed E-state index contributed by atoms with van der Waals surface area (Å²) in [6.45, 7) is 4.27. The van der Waals surface area contributed by atoms with Crippen molar-refractivity contribution in [3.63, 3.8) is 0 Å². The largest absolute Gasteiger partial charge is 0.483 e. The molecule has 2 rings (SSSR count). The average molecular weight is 310 g/mol. The van der Waals surface area contributed by atoms with Crippen molar-refractivity contribution in [1.29, 1.82) is 0 Å². The Morgan fingerprint density at radius 2 is 2.19 bits per heavy atom. The van der Waals surface area contributed by atoms with Crippen LogP contribution in [0.2, 0.25) is 5.02 Å². The molecule has 5 nitrogen and oxygen atoms in total. The molecule has 6 heteroatoms. The molecule has 2 N–H and O–H groups in total. The first-order chi connectivity index (χ1) is 10.1. The van der Waals surface area contributed by atoms with Gasteiger partial charge in [0, 0.05) is 17.5 Å². The van der Waals surface area contributed by atoms with E-state index in [0.717, 1.165) is 30.6 Å². The predicted molar refractivity (Wildman–Crippen MR) is 81.4 cm³/mol. The SMILES string of the molecule is CCc1noc(COc2ccc(Cl)cc2CC(N)CC)n1. The zero-order valence-corrected chi connectivity index (χ0v) is 13.1. The average Bonchev–Trinajstić information content (AvgIpc) is 2.94. The van der Waals surface area contributed by atoms with Crippen LogP contribution in [-0.2, 0) is 19.4 Å². The van der Waals surface area contributed by atoms with Crippen LogP contribution in [0.25, 0.3) is 0 Å². The van der Waals surface area contributed by atoms with Crippen LogP contribution in [0.5, 0.6) is 5.75 Å². The van der Waals surface area contributed by atoms with Crippen LogP contribution < -0.4 is 10.5 Å². The van der Waals surface area contributed by atoms with Gasteiger partial charge in [-0.25, -0.2) is 0 Å². The minimum Gasteiger partial charge on any atom is -0.483 e. The maximum absolute atomic E-state index is 6.05. The summed E-state index contributed by atoms with van der Waals surface area (Å²) < 4.78 is 10.9. The maximum Gasteiger partial charge on any atom is 0.264 e. The Kier molecular flexibility index (Phi) is 5.59. The molecule has 1 atom stereocenters. The highest BCUT2D eigenvalue weighted by Crippen LogP contribution is 2.25. The van der Waals surface area contributed by atoms with Crippen LogP contribution in [0, 0.1) is 0 Å². The van der Waals surface area contributed by atoms with Gasteiger partial charge in [0.05, 0.1) is 0 Å². The molecule has 1 heterocycles. The standard InChI is InChI=1S/C15H20ClN3O2/c1-3-12(17)8-10-7-11(16)5-6-13(10)20-9-15-18-14(4-2)19-21-15/h5-7,12H,3-4,8-9,17H2,1-2H3. The molecule has 114 valence electrons. The molecule has 0 spiro atoms. The fourth-order valence-electron chi connectivity index (χ4n) is 1.91. The van der Waals surface area contributed by atoms with E-state index in [1.165, 1.54) is 0 Å². The van der Waals surface area contributed by atoms with E-state index >= 15 is 0 Å². The van der Waals surface area contributed by atoms with E-state index in [9.17, 15) is 0 Å². The lowest BCUT2D eigenvalue weighted by atomic mass is 10.0. The van der Waals surface area contributed by atoms with Gasteiger partial charge < -0.3 is 15.0 Å². The van der Waals surface area contributed by atoms with Gasteiger partial charge in [0.2, 0.25) is 0 Å². The van der Waals surface area contributed by atoms with Crippen LogP contribution in [0.15, 0.2) is 22.7 Å². The van der Waals surface area contributed by atoms with E-state index in [-0.39, 0.29) is 12.6 Å². The molecule has 0 aliphatic heterocycles. The Bertz CT molecular complexity index is 586. The second kappa shape index (κ2) is 7.43. The quantitative estimate of drug-likeness (QED) is 0.850. The summed E-state index contributed by atoms with van der Waals surface area (Å²) in [5.41, 5.74) is 7.01. The molecule has 0 saturated heterocycles. The lowest BCUT2D eigenvalue weighted by molar-refractivity contribution is 0.240. The van der Waals surface area contributed by atoms with E-state index in [4.69, 9.17) is 26.6 Å². The number of hydrogen-bond acceptors (Lipinski definition) is 5. The molecule has 1 aromatic heterocycles. The molecule has 0 saturated carbocycles. The van der Waals surface area contributed by atoms with Gasteiger partial charge in [0.1, 0.15) is 5.75 Å². The molecular weight excluding hydrogens is 290 g/mol. The molecule has 1 aromatic carbocycles. The molecule has 0 amide bonds. The molecule has 1 unspecified atom stereocenters. The highest BCUT2D eigenvalue weighted by atomic mass is 35.5. The molecular formula is C15H20ClN3O2. The molecule has 0 bridgehead atoms. The minimum atomic E-state index is 0.0842. The Labute approximate surface area is 129 Å². The van der Waals surface area contributed by atoms with Gasteiger partial charge >= 0.3 is 0 Å². The lowest BCUT2D eigenvalue weighted by Crippen LogP contribution is -2.21. The third kappa shape index (κ3) is 4.44. The van der Waals surface area contributed by atoms with Crippen LogP contribution in [-0.4, -0.2) is 16.2 Å². The fraction of sp³-hybridized carbons (Fsp3) is 0.467. The second-order valence-corrected chi connectivity index (χ2v) is 5.31. The number of ether oxygens (including phenoxy) is 1. The second-order valence-electron chi connectivity index (χ2n) is 4.87. The Hall–Kier alpha value is -1.59. The normalized spacial score (nSPS) is 12.4. The number of nitrogens with zero attached hydrogens (tertiary/aromatic N) is 2. The fourth-order valence-corrected chi connectivity index (χ4v) is 2.10. The first-order valence-electron chi connectivity index (χ1n) is 7.10. The van der Waals surface area contributed by atoms with Gasteiger partial charge in [0.15, 0.2) is 12.4 Å². The number of hydrogen-bond donors (Lipinski definition) is 1. The monoisotopic (exact) mass is 309 g/mol. The van der Waals surface area contributed by atoms with Crippen LogP contribution in [0.1, 0.15) is 37.5 Å². The predicted octanol–water partition coefficient (Wildman–Crippen LogP) is 3.14. The molecule has 2 aromatic rings. The number of aromatic nitrogens is 2. The zero-order chi connectivity index (χ0) is 15.2. The van der Waals surface area contributed by atoms with Crippen LogP contribution in [0.4, 0.5) is 0 Å². The van der Waals surface area contributed by atoms with Gasteiger partial charge in [0.25, 0.3) is 5.89 Å². The molecule has 21 heavy (non-hydrogen) atoms. The zero-order valence-electron chi connectivity index (χ0n) is 12.3. The van der Waals surface area contributed by atoms with Gasteiger partial charge in [-0.2, -0.15) is 4.98 Å². The molecule has 0 aliphatic carbocycles. The van der Waals surface area contributed by atoms with Crippen molar-refractivity contribution in [2.45, 2.75) is 45.8 Å². The molecule has 0 fully saturated rings. The van der Waals surface area contributed by atoms with E-state index < -0.39 is 0 Å². The third-order valence-corrected chi connectivity index (χ3v) is 3.44. The van der Waals surface area contributed by atoms with Crippen molar-refractivity contribution in [3.05, 3.63) is 40.5 Å². The molecule has 0 aliphatic rings. The van der Waals surface area contributed by atoms with Crippen molar-refractivity contribution >= 4 is 11.6 Å². The van der Waals surface area contributed by atoms with Gasteiger partial charge in [-0.3, -0.25) is 0 Å². The summed E-state index contributed by atoms with van der Waals surface area (Å²) >= 11 is 6.05. The van der Waals surface area contributed by atoms with Crippen LogP contribution >= 0.6 is 11.6 Å². The number of aryl methyl sites for hydroxylation is 1. The Balaban J connectivity index is 2.07. The summed E-state index contributed by atoms with van der Waals surface area (Å²) in [6, 6.07) is 5.61. The first kappa shape index (κ1) is 15.8. The smallest absolute Gasteiger partial charge is 0.264 e. The topological polar surface area (TPSA) is 74.2 Å². The van der Waals surface area contributed by atoms with Crippen molar-refractivity contribution in [2.24, 2.45) is 5.73 Å². The van der Waals surface area contributed by atoms with Gasteiger partial charge in [-0.15, -0.1) is 0 Å². The maximum atomic E-state index is 6.05. The molecule has 0 radical (unpaired) electrons.